The third kappa shape index (κ3) is 3.51. The van der Waals surface area contributed by atoms with E-state index in [9.17, 15) is 0 Å². The molecule has 1 saturated heterocycles. The predicted octanol–water partition coefficient (Wildman–Crippen LogP) is 1.67. The van der Waals surface area contributed by atoms with Crippen molar-refractivity contribution in [2.24, 2.45) is 5.92 Å². The summed E-state index contributed by atoms with van der Waals surface area (Å²) in [5.41, 5.74) is 1.19. The summed E-state index contributed by atoms with van der Waals surface area (Å²) in [6.07, 6.45) is 4.47. The minimum atomic E-state index is 0.845. The van der Waals surface area contributed by atoms with Crippen molar-refractivity contribution in [2.45, 2.75) is 19.4 Å². The van der Waals surface area contributed by atoms with Gasteiger partial charge in [-0.3, -0.25) is 9.88 Å². The highest BCUT2D eigenvalue weighted by molar-refractivity contribution is 7.13. The predicted molar refractivity (Wildman–Crippen MR) is 70.0 cm³/mol. The SMILES string of the molecule is PNCC1CCN(Cc2ccccn2)CC1. The highest BCUT2D eigenvalue weighted by Crippen LogP contribution is 2.17. The highest BCUT2D eigenvalue weighted by atomic mass is 31.0. The summed E-state index contributed by atoms with van der Waals surface area (Å²) < 4.78 is 0. The molecule has 88 valence electrons. The molecule has 1 atom stereocenters. The van der Waals surface area contributed by atoms with E-state index in [0.29, 0.717) is 0 Å². The van der Waals surface area contributed by atoms with Gasteiger partial charge in [0.15, 0.2) is 0 Å². The Morgan fingerprint density at radius 3 is 2.81 bits per heavy atom. The fourth-order valence-electron chi connectivity index (χ4n) is 2.24. The van der Waals surface area contributed by atoms with Gasteiger partial charge < -0.3 is 5.09 Å². The zero-order valence-electron chi connectivity index (χ0n) is 9.60. The van der Waals surface area contributed by atoms with E-state index in [4.69, 9.17) is 0 Å². The Bertz CT molecular complexity index is 296. The number of aromatic nitrogens is 1. The number of hydrogen-bond acceptors (Lipinski definition) is 3. The van der Waals surface area contributed by atoms with E-state index in [1.165, 1.54) is 31.6 Å². The molecule has 3 nitrogen and oxygen atoms in total. The number of nitrogens with zero attached hydrogens (tertiary/aromatic N) is 2. The lowest BCUT2D eigenvalue weighted by atomic mass is 9.97. The van der Waals surface area contributed by atoms with Gasteiger partial charge in [-0.25, -0.2) is 0 Å². The van der Waals surface area contributed by atoms with Crippen molar-refractivity contribution in [1.82, 2.24) is 15.0 Å². The van der Waals surface area contributed by atoms with Crippen LogP contribution in [0.1, 0.15) is 18.5 Å². The average Bonchev–Trinajstić information content (AvgIpc) is 2.33. The van der Waals surface area contributed by atoms with Crippen LogP contribution in [0.15, 0.2) is 24.4 Å². The second kappa shape index (κ2) is 6.29. The largest absolute Gasteiger partial charge is 0.300 e. The van der Waals surface area contributed by atoms with Gasteiger partial charge in [0.1, 0.15) is 0 Å². The smallest absolute Gasteiger partial charge is 0.0543 e. The van der Waals surface area contributed by atoms with Gasteiger partial charge in [0.05, 0.1) is 5.69 Å². The van der Waals surface area contributed by atoms with E-state index in [0.717, 1.165) is 19.0 Å². The fourth-order valence-corrected chi connectivity index (χ4v) is 2.57. The molecule has 1 aromatic heterocycles. The summed E-state index contributed by atoms with van der Waals surface area (Å²) >= 11 is 0. The molecule has 1 aromatic rings. The molecule has 4 heteroatoms. The lowest BCUT2D eigenvalue weighted by Gasteiger charge is -2.31. The van der Waals surface area contributed by atoms with Crippen molar-refractivity contribution in [3.05, 3.63) is 30.1 Å². The van der Waals surface area contributed by atoms with E-state index in [-0.39, 0.29) is 0 Å². The normalized spacial score (nSPS) is 18.8. The average molecular weight is 237 g/mol. The number of piperidine rings is 1. The summed E-state index contributed by atoms with van der Waals surface area (Å²) in [5, 5.41) is 3.19. The van der Waals surface area contributed by atoms with Gasteiger partial charge in [-0.15, -0.1) is 0 Å². The monoisotopic (exact) mass is 237 g/mol. The zero-order chi connectivity index (χ0) is 11.2. The van der Waals surface area contributed by atoms with Crippen LogP contribution in [-0.4, -0.2) is 29.5 Å². The first-order valence-corrected chi connectivity index (χ1v) is 6.52. The fraction of sp³-hybridized carbons (Fsp3) is 0.583. The molecule has 0 saturated carbocycles. The molecule has 0 radical (unpaired) electrons. The maximum atomic E-state index is 4.37. The Labute approximate surface area is 99.9 Å². The zero-order valence-corrected chi connectivity index (χ0v) is 10.8. The number of nitrogens with one attached hydrogen (secondary N) is 1. The lowest BCUT2D eigenvalue weighted by Crippen LogP contribution is -2.35. The molecule has 1 unspecified atom stereocenters. The van der Waals surface area contributed by atoms with Crippen molar-refractivity contribution in [3.63, 3.8) is 0 Å². The lowest BCUT2D eigenvalue weighted by molar-refractivity contribution is 0.177. The van der Waals surface area contributed by atoms with Crippen LogP contribution >= 0.6 is 9.39 Å². The Balaban J connectivity index is 1.77. The van der Waals surface area contributed by atoms with Crippen molar-refractivity contribution in [3.8, 4) is 0 Å². The molecule has 0 amide bonds. The summed E-state index contributed by atoms with van der Waals surface area (Å²) in [6.45, 7) is 4.53. The van der Waals surface area contributed by atoms with Crippen LogP contribution in [0.5, 0.6) is 0 Å². The first kappa shape index (κ1) is 12.0. The third-order valence-corrected chi connectivity index (χ3v) is 3.46. The standard InChI is InChI=1S/C12H20N3P/c16-14-9-11-4-7-15(8-5-11)10-12-3-1-2-6-13-12/h1-3,6,11,14H,4-5,7-10,16H2. The second-order valence-electron chi connectivity index (χ2n) is 4.45. The molecule has 0 aliphatic carbocycles. The molecule has 2 rings (SSSR count). The molecule has 1 aliphatic rings. The molecule has 0 bridgehead atoms. The van der Waals surface area contributed by atoms with E-state index in [1.807, 2.05) is 12.3 Å². The van der Waals surface area contributed by atoms with Gasteiger partial charge in [0.25, 0.3) is 0 Å². The van der Waals surface area contributed by atoms with E-state index in [2.05, 4.69) is 36.5 Å². The van der Waals surface area contributed by atoms with Crippen molar-refractivity contribution in [2.75, 3.05) is 19.6 Å². The van der Waals surface area contributed by atoms with Crippen LogP contribution in [0.25, 0.3) is 0 Å². The Morgan fingerprint density at radius 1 is 1.38 bits per heavy atom. The number of pyridine rings is 1. The molecule has 16 heavy (non-hydrogen) atoms. The first-order chi connectivity index (χ1) is 7.88. The molecule has 1 fully saturated rings. The van der Waals surface area contributed by atoms with Crippen LogP contribution in [-0.2, 0) is 6.54 Å². The summed E-state index contributed by atoms with van der Waals surface area (Å²) in [5.74, 6) is 0.845. The van der Waals surface area contributed by atoms with Gasteiger partial charge in [-0.05, 0) is 44.0 Å². The quantitative estimate of drug-likeness (QED) is 0.807. The van der Waals surface area contributed by atoms with Crippen LogP contribution in [0.4, 0.5) is 0 Å². The van der Waals surface area contributed by atoms with Gasteiger partial charge in [0, 0.05) is 19.3 Å². The summed E-state index contributed by atoms with van der Waals surface area (Å²) in [4.78, 5) is 6.87. The second-order valence-corrected chi connectivity index (χ2v) is 4.86. The Kier molecular flexibility index (Phi) is 4.70. The molecule has 0 aromatic carbocycles. The maximum absolute atomic E-state index is 4.37. The first-order valence-electron chi connectivity index (χ1n) is 5.94. The third-order valence-electron chi connectivity index (χ3n) is 3.23. The topological polar surface area (TPSA) is 28.2 Å². The van der Waals surface area contributed by atoms with Crippen LogP contribution in [0.3, 0.4) is 0 Å². The maximum Gasteiger partial charge on any atom is 0.0543 e. The van der Waals surface area contributed by atoms with E-state index < -0.39 is 0 Å². The molecule has 1 N–H and O–H groups in total. The van der Waals surface area contributed by atoms with Crippen molar-refractivity contribution in [1.29, 1.82) is 0 Å². The van der Waals surface area contributed by atoms with Crippen LogP contribution in [0.2, 0.25) is 0 Å². The Hall–Kier alpha value is -0.500. The Morgan fingerprint density at radius 2 is 2.19 bits per heavy atom. The molecular weight excluding hydrogens is 217 g/mol. The van der Waals surface area contributed by atoms with Gasteiger partial charge >= 0.3 is 0 Å². The summed E-state index contributed by atoms with van der Waals surface area (Å²) in [7, 11) is 2.59. The van der Waals surface area contributed by atoms with Gasteiger partial charge in [0.2, 0.25) is 0 Å². The van der Waals surface area contributed by atoms with E-state index >= 15 is 0 Å². The number of rotatable bonds is 4. The van der Waals surface area contributed by atoms with E-state index in [1.54, 1.807) is 0 Å². The molecule has 2 heterocycles. The molecule has 0 spiro atoms. The van der Waals surface area contributed by atoms with Crippen LogP contribution in [0, 0.1) is 5.92 Å². The molecule has 1 aliphatic heterocycles. The van der Waals surface area contributed by atoms with Gasteiger partial charge in [-0.2, -0.15) is 0 Å². The minimum absolute atomic E-state index is 0.845. The number of hydrogen-bond donors (Lipinski definition) is 1. The highest BCUT2D eigenvalue weighted by Gasteiger charge is 2.18. The van der Waals surface area contributed by atoms with Gasteiger partial charge in [-0.1, -0.05) is 15.5 Å². The van der Waals surface area contributed by atoms with Crippen molar-refractivity contribution >= 4 is 9.39 Å². The molecular formula is C12H20N3P. The summed E-state index contributed by atoms with van der Waals surface area (Å²) in [6, 6.07) is 6.14. The van der Waals surface area contributed by atoms with Crippen LogP contribution < -0.4 is 5.09 Å². The van der Waals surface area contributed by atoms with Crippen molar-refractivity contribution < 1.29 is 0 Å². The number of likely N-dealkylation sites (tertiary alicyclic amines) is 1. The minimum Gasteiger partial charge on any atom is -0.300 e.